The van der Waals surface area contributed by atoms with Crippen molar-refractivity contribution in [2.45, 2.75) is 101 Å². The Labute approximate surface area is 306 Å². The molecule has 8 rings (SSSR count). The summed E-state index contributed by atoms with van der Waals surface area (Å²) < 4.78 is 47.0. The zero-order valence-corrected chi connectivity index (χ0v) is 31.0. The van der Waals surface area contributed by atoms with E-state index in [0.717, 1.165) is 43.2 Å². The van der Waals surface area contributed by atoms with Crippen LogP contribution in [0.25, 0.3) is 0 Å². The summed E-state index contributed by atoms with van der Waals surface area (Å²) in [7, 11) is 0. The Morgan fingerprint density at radius 2 is 1.27 bits per heavy atom. The van der Waals surface area contributed by atoms with Crippen molar-refractivity contribution < 1.29 is 42.6 Å². The Morgan fingerprint density at radius 1 is 0.706 bits per heavy atom. The molecule has 0 radical (unpaired) electrons. The van der Waals surface area contributed by atoms with Crippen molar-refractivity contribution in [3.05, 3.63) is 87.5 Å². The van der Waals surface area contributed by atoms with E-state index in [0.29, 0.717) is 75.8 Å². The number of hydrogen-bond donors (Lipinski definition) is 0. The third-order valence-corrected chi connectivity index (χ3v) is 9.60. The quantitative estimate of drug-likeness (QED) is 0.0984. The maximum absolute atomic E-state index is 5.55. The molecule has 0 aromatic heterocycles. The van der Waals surface area contributed by atoms with Gasteiger partial charge in [-0.1, -0.05) is 37.0 Å². The Kier molecular flexibility index (Phi) is 17.4. The summed E-state index contributed by atoms with van der Waals surface area (Å²) in [5.41, 5.74) is 0.277. The predicted molar refractivity (Wildman–Crippen MR) is 200 cm³/mol. The van der Waals surface area contributed by atoms with Crippen LogP contribution in [0.5, 0.6) is 11.5 Å². The highest BCUT2D eigenvalue weighted by molar-refractivity contribution is 5.31. The van der Waals surface area contributed by atoms with Gasteiger partial charge in [-0.2, -0.15) is 0 Å². The molecule has 5 heterocycles. The van der Waals surface area contributed by atoms with Crippen LogP contribution in [0.3, 0.4) is 0 Å². The van der Waals surface area contributed by atoms with E-state index in [1.807, 2.05) is 31.2 Å². The zero-order chi connectivity index (χ0) is 36.5. The molecule has 9 nitrogen and oxygen atoms in total. The van der Waals surface area contributed by atoms with Crippen molar-refractivity contribution in [2.24, 2.45) is 11.8 Å². The van der Waals surface area contributed by atoms with Gasteiger partial charge in [0.25, 0.3) is 0 Å². The lowest BCUT2D eigenvalue weighted by atomic mass is 9.83. The second kappa shape index (κ2) is 21.7. The lowest BCUT2D eigenvalue weighted by Crippen LogP contribution is -2.19. The summed E-state index contributed by atoms with van der Waals surface area (Å²) in [6.45, 7) is 28.0. The Balaban J connectivity index is 0.000000146. The van der Waals surface area contributed by atoms with E-state index in [-0.39, 0.29) is 5.60 Å². The van der Waals surface area contributed by atoms with E-state index < -0.39 is 0 Å². The van der Waals surface area contributed by atoms with Crippen molar-refractivity contribution in [1.82, 2.24) is 0 Å². The molecule has 0 amide bonds. The van der Waals surface area contributed by atoms with Crippen LogP contribution in [-0.4, -0.2) is 101 Å². The van der Waals surface area contributed by atoms with Crippen LogP contribution in [0.4, 0.5) is 0 Å². The molecule has 9 heteroatoms. The van der Waals surface area contributed by atoms with Gasteiger partial charge >= 0.3 is 0 Å². The first-order valence-corrected chi connectivity index (χ1v) is 18.6. The summed E-state index contributed by atoms with van der Waals surface area (Å²) in [5.74, 6) is 3.13. The predicted octanol–water partition coefficient (Wildman–Crippen LogP) is 7.46. The van der Waals surface area contributed by atoms with Crippen LogP contribution in [0.1, 0.15) is 52.4 Å². The van der Waals surface area contributed by atoms with Gasteiger partial charge in [-0.25, -0.2) is 0 Å². The highest BCUT2D eigenvalue weighted by Gasteiger charge is 2.54. The van der Waals surface area contributed by atoms with Crippen LogP contribution >= 0.6 is 0 Å². The average Bonchev–Trinajstić information content (AvgIpc) is 3.94. The SMILES string of the molecule is C=CC1CCC2(C)OC2C1.C=CC1CCC2OC2C1.C=CCOCC1CO1.C=CCOCC1OC1C.C=CCOc1ccc(OCC2CO2)cc1. The van der Waals surface area contributed by atoms with Crippen molar-refractivity contribution in [1.29, 1.82) is 0 Å². The average molecular weight is 711 g/mol. The summed E-state index contributed by atoms with van der Waals surface area (Å²) >= 11 is 0. The molecule has 7 aliphatic rings. The minimum atomic E-state index is 0.277. The second-order valence-corrected chi connectivity index (χ2v) is 14.0. The highest BCUT2D eigenvalue weighted by Crippen LogP contribution is 2.49. The maximum Gasteiger partial charge on any atom is 0.120 e. The highest BCUT2D eigenvalue weighted by atomic mass is 16.6. The fourth-order valence-corrected chi connectivity index (χ4v) is 5.80. The van der Waals surface area contributed by atoms with Crippen molar-refractivity contribution in [2.75, 3.05) is 52.9 Å². The molecule has 5 aliphatic heterocycles. The molecular weight excluding hydrogens is 648 g/mol. The smallest absolute Gasteiger partial charge is 0.120 e. The standard InChI is InChI=1S/C12H14O3.C9H14O.C8H12O.C7H12O2.C6H10O2/c1-2-7-13-10-3-5-11(6-4-10)14-8-12-9-15-12;1-3-7-4-5-9(2)8(6-7)10-9;1-2-6-3-4-7-8(5-6)9-7;1-3-4-8-5-7-6(2)9-7;1-2-3-7-4-6-5-8-6/h2-6,12H,1,7-9H2;3,7-8H,1,4-6H2,2H3;2,6-8H,1,3-5H2;3,6-7H,1,4-5H2,2H3;2,6H,1,3-5H2. The van der Waals surface area contributed by atoms with E-state index >= 15 is 0 Å². The fourth-order valence-electron chi connectivity index (χ4n) is 5.80. The molecule has 0 spiro atoms. The number of fused-ring (bicyclic) bond motifs is 2. The molecule has 10 unspecified atom stereocenters. The maximum atomic E-state index is 5.55. The molecule has 7 fully saturated rings. The summed E-state index contributed by atoms with van der Waals surface area (Å²) in [6.07, 6.45) is 20.1. The molecule has 2 saturated carbocycles. The zero-order valence-electron chi connectivity index (χ0n) is 31.0. The largest absolute Gasteiger partial charge is 0.491 e. The van der Waals surface area contributed by atoms with Gasteiger partial charge in [0.2, 0.25) is 0 Å². The van der Waals surface area contributed by atoms with Gasteiger partial charge in [-0.3, -0.25) is 0 Å². The molecule has 1 aromatic carbocycles. The molecule has 0 bridgehead atoms. The van der Waals surface area contributed by atoms with Crippen LogP contribution in [0.2, 0.25) is 0 Å². The molecule has 2 aliphatic carbocycles. The molecule has 5 saturated heterocycles. The van der Waals surface area contributed by atoms with E-state index in [1.54, 1.807) is 18.2 Å². The molecular formula is C42H62O9. The third kappa shape index (κ3) is 16.6. The van der Waals surface area contributed by atoms with Crippen molar-refractivity contribution >= 4 is 0 Å². The number of rotatable bonds is 16. The summed E-state index contributed by atoms with van der Waals surface area (Å²) in [5, 5.41) is 0. The Morgan fingerprint density at radius 3 is 1.80 bits per heavy atom. The van der Waals surface area contributed by atoms with Crippen LogP contribution in [0, 0.1) is 11.8 Å². The van der Waals surface area contributed by atoms with E-state index in [9.17, 15) is 0 Å². The Hall–Kier alpha value is -2.76. The summed E-state index contributed by atoms with van der Waals surface area (Å²) in [6, 6.07) is 7.54. The first-order chi connectivity index (χ1) is 24.8. The van der Waals surface area contributed by atoms with Crippen molar-refractivity contribution in [3.8, 4) is 11.5 Å². The molecule has 1 aromatic rings. The van der Waals surface area contributed by atoms with Gasteiger partial charge in [-0.05, 0) is 88.5 Å². The molecule has 284 valence electrons. The summed E-state index contributed by atoms with van der Waals surface area (Å²) in [4.78, 5) is 0. The number of hydrogen-bond acceptors (Lipinski definition) is 9. The number of epoxide rings is 5. The number of benzene rings is 1. The molecule has 10 atom stereocenters. The van der Waals surface area contributed by atoms with Crippen LogP contribution in [-0.2, 0) is 33.2 Å². The third-order valence-electron chi connectivity index (χ3n) is 9.60. The van der Waals surface area contributed by atoms with Crippen LogP contribution < -0.4 is 9.47 Å². The van der Waals surface area contributed by atoms with E-state index in [4.69, 9.17) is 42.6 Å². The van der Waals surface area contributed by atoms with E-state index in [2.05, 4.69) is 52.0 Å². The molecule has 0 N–H and O–H groups in total. The van der Waals surface area contributed by atoms with Crippen molar-refractivity contribution in [3.63, 3.8) is 0 Å². The van der Waals surface area contributed by atoms with Gasteiger partial charge < -0.3 is 42.6 Å². The van der Waals surface area contributed by atoms with Gasteiger partial charge in [0.05, 0.1) is 69.7 Å². The topological polar surface area (TPSA) is 99.6 Å². The molecule has 51 heavy (non-hydrogen) atoms. The lowest BCUT2D eigenvalue weighted by molar-refractivity contribution is 0.141. The number of allylic oxidation sites excluding steroid dienone is 2. The lowest BCUT2D eigenvalue weighted by Gasteiger charge is -2.18. The minimum absolute atomic E-state index is 0.277. The minimum Gasteiger partial charge on any atom is -0.491 e. The van der Waals surface area contributed by atoms with Gasteiger partial charge in [0.1, 0.15) is 43.0 Å². The van der Waals surface area contributed by atoms with Gasteiger partial charge in [0, 0.05) is 0 Å². The Bertz CT molecular complexity index is 1200. The second-order valence-electron chi connectivity index (χ2n) is 14.0. The van der Waals surface area contributed by atoms with Crippen LogP contribution in [0.15, 0.2) is 87.5 Å². The normalized spacial score (nSPS) is 33.6. The fraction of sp³-hybridized carbons (Fsp3) is 0.619. The van der Waals surface area contributed by atoms with E-state index in [1.165, 1.54) is 38.5 Å². The monoisotopic (exact) mass is 710 g/mol. The first kappa shape index (κ1) is 41.0. The number of ether oxygens (including phenoxy) is 9. The van der Waals surface area contributed by atoms with Gasteiger partial charge in [0.15, 0.2) is 0 Å². The first-order valence-electron chi connectivity index (χ1n) is 18.6. The van der Waals surface area contributed by atoms with Gasteiger partial charge in [-0.15, -0.1) is 26.3 Å².